The van der Waals surface area contributed by atoms with Crippen LogP contribution >= 0.6 is 0 Å². The quantitative estimate of drug-likeness (QED) is 0.690. The van der Waals surface area contributed by atoms with Gasteiger partial charge in [-0.05, 0) is 53.5 Å². The van der Waals surface area contributed by atoms with E-state index in [1.165, 1.54) is 25.7 Å². The lowest BCUT2D eigenvalue weighted by Crippen LogP contribution is -2.55. The van der Waals surface area contributed by atoms with Crippen molar-refractivity contribution in [1.29, 1.82) is 0 Å². The molecule has 0 aliphatic carbocycles. The van der Waals surface area contributed by atoms with Crippen LogP contribution in [0.2, 0.25) is 0 Å². The van der Waals surface area contributed by atoms with E-state index in [2.05, 4.69) is 38.0 Å². The van der Waals surface area contributed by atoms with E-state index >= 15 is 0 Å². The Kier molecular flexibility index (Phi) is 2.61. The summed E-state index contributed by atoms with van der Waals surface area (Å²) < 4.78 is 0. The van der Waals surface area contributed by atoms with E-state index in [1.54, 1.807) is 0 Å². The Hall–Kier alpha value is -0.0800. The van der Waals surface area contributed by atoms with Crippen LogP contribution < -0.4 is 5.32 Å². The number of nitrogens with zero attached hydrogens (tertiary/aromatic N) is 1. The zero-order chi connectivity index (χ0) is 10.3. The normalized spacial score (nSPS) is 39.0. The molecule has 0 amide bonds. The minimum Gasteiger partial charge on any atom is -0.317 e. The summed E-state index contributed by atoms with van der Waals surface area (Å²) in [5, 5.41) is 3.45. The van der Waals surface area contributed by atoms with Crippen molar-refractivity contribution in [2.45, 2.75) is 70.1 Å². The van der Waals surface area contributed by atoms with Crippen molar-refractivity contribution < 1.29 is 0 Å². The summed E-state index contributed by atoms with van der Waals surface area (Å²) in [7, 11) is 2.11. The molecule has 2 aliphatic rings. The van der Waals surface area contributed by atoms with Crippen LogP contribution in [0.15, 0.2) is 0 Å². The van der Waals surface area contributed by atoms with Crippen LogP contribution in [0.3, 0.4) is 0 Å². The molecule has 2 heterocycles. The van der Waals surface area contributed by atoms with Gasteiger partial charge < -0.3 is 5.32 Å². The van der Waals surface area contributed by atoms with Gasteiger partial charge in [-0.2, -0.15) is 0 Å². The van der Waals surface area contributed by atoms with Crippen molar-refractivity contribution in [2.24, 2.45) is 0 Å². The van der Waals surface area contributed by atoms with E-state index in [1.807, 2.05) is 0 Å². The Morgan fingerprint density at radius 2 is 1.57 bits per heavy atom. The molecule has 2 fully saturated rings. The first-order valence-corrected chi connectivity index (χ1v) is 5.98. The minimum absolute atomic E-state index is 0.366. The van der Waals surface area contributed by atoms with Crippen molar-refractivity contribution in [3.8, 4) is 0 Å². The standard InChI is InChI=1S/C12H24N2/c1-12(2,3)14-10-5-6-11(14)8-9(7-10)13-4/h9-11,13H,5-8H2,1-4H3. The van der Waals surface area contributed by atoms with Crippen molar-refractivity contribution in [1.82, 2.24) is 10.2 Å². The predicted octanol–water partition coefficient (Wildman–Crippen LogP) is 2.00. The van der Waals surface area contributed by atoms with Crippen LogP contribution in [-0.4, -0.2) is 35.6 Å². The molecule has 0 aromatic heterocycles. The van der Waals surface area contributed by atoms with Crippen LogP contribution in [0.4, 0.5) is 0 Å². The molecule has 0 spiro atoms. The highest BCUT2D eigenvalue weighted by Crippen LogP contribution is 2.40. The van der Waals surface area contributed by atoms with Crippen molar-refractivity contribution in [3.05, 3.63) is 0 Å². The summed E-state index contributed by atoms with van der Waals surface area (Å²) in [6.07, 6.45) is 5.54. The zero-order valence-corrected chi connectivity index (χ0v) is 10.0. The maximum absolute atomic E-state index is 3.45. The number of nitrogens with one attached hydrogen (secondary N) is 1. The first-order valence-electron chi connectivity index (χ1n) is 5.98. The van der Waals surface area contributed by atoms with Crippen molar-refractivity contribution >= 4 is 0 Å². The molecule has 2 rings (SSSR count). The summed E-state index contributed by atoms with van der Waals surface area (Å²) >= 11 is 0. The molecule has 2 aliphatic heterocycles. The van der Waals surface area contributed by atoms with Crippen LogP contribution in [0.25, 0.3) is 0 Å². The van der Waals surface area contributed by atoms with Gasteiger partial charge in [0.2, 0.25) is 0 Å². The Morgan fingerprint density at radius 1 is 1.07 bits per heavy atom. The van der Waals surface area contributed by atoms with Gasteiger partial charge in [0.15, 0.2) is 0 Å². The molecular weight excluding hydrogens is 172 g/mol. The van der Waals surface area contributed by atoms with Crippen molar-refractivity contribution in [2.75, 3.05) is 7.05 Å². The second-order valence-corrected chi connectivity index (χ2v) is 5.92. The molecule has 2 heteroatoms. The van der Waals surface area contributed by atoms with Crippen molar-refractivity contribution in [3.63, 3.8) is 0 Å². The monoisotopic (exact) mass is 196 g/mol. The minimum atomic E-state index is 0.366. The molecule has 0 aromatic carbocycles. The second-order valence-electron chi connectivity index (χ2n) is 5.92. The number of hydrogen-bond acceptors (Lipinski definition) is 2. The van der Waals surface area contributed by atoms with E-state index in [0.29, 0.717) is 5.54 Å². The van der Waals surface area contributed by atoms with Crippen LogP contribution in [0, 0.1) is 0 Å². The molecule has 0 saturated carbocycles. The Labute approximate surface area is 88.1 Å². The van der Waals surface area contributed by atoms with Gasteiger partial charge in [0, 0.05) is 23.7 Å². The average molecular weight is 196 g/mol. The molecule has 0 aromatic rings. The van der Waals surface area contributed by atoms with Gasteiger partial charge in [-0.25, -0.2) is 0 Å². The fraction of sp³-hybridized carbons (Fsp3) is 1.00. The largest absolute Gasteiger partial charge is 0.317 e. The van der Waals surface area contributed by atoms with E-state index in [-0.39, 0.29) is 0 Å². The number of piperidine rings is 1. The highest BCUT2D eigenvalue weighted by atomic mass is 15.3. The molecular formula is C12H24N2. The molecule has 2 nitrogen and oxygen atoms in total. The summed E-state index contributed by atoms with van der Waals surface area (Å²) in [5.41, 5.74) is 0.366. The Bertz CT molecular complexity index is 193. The molecule has 1 N–H and O–H groups in total. The van der Waals surface area contributed by atoms with Gasteiger partial charge in [-0.1, -0.05) is 0 Å². The molecule has 2 saturated heterocycles. The summed E-state index contributed by atoms with van der Waals surface area (Å²) in [5.74, 6) is 0. The SMILES string of the molecule is CNC1CC2CCC(C1)N2C(C)(C)C. The first-order chi connectivity index (χ1) is 6.52. The number of fused-ring (bicyclic) bond motifs is 2. The molecule has 2 atom stereocenters. The highest BCUT2D eigenvalue weighted by molar-refractivity contribution is 5.01. The van der Waals surface area contributed by atoms with Crippen LogP contribution in [0.5, 0.6) is 0 Å². The maximum atomic E-state index is 3.45. The topological polar surface area (TPSA) is 15.3 Å². The molecule has 2 unspecified atom stereocenters. The molecule has 2 bridgehead atoms. The third-order valence-electron chi connectivity index (χ3n) is 3.92. The maximum Gasteiger partial charge on any atom is 0.0130 e. The lowest BCUT2D eigenvalue weighted by atomic mass is 9.92. The molecule has 0 radical (unpaired) electrons. The number of hydrogen-bond donors (Lipinski definition) is 1. The first kappa shape index (κ1) is 10.4. The van der Waals surface area contributed by atoms with Gasteiger partial charge in [0.25, 0.3) is 0 Å². The fourth-order valence-electron chi connectivity index (χ4n) is 3.51. The van der Waals surface area contributed by atoms with E-state index < -0.39 is 0 Å². The summed E-state index contributed by atoms with van der Waals surface area (Å²) in [6.45, 7) is 7.08. The van der Waals surface area contributed by atoms with Gasteiger partial charge in [-0.15, -0.1) is 0 Å². The third-order valence-corrected chi connectivity index (χ3v) is 3.92. The number of rotatable bonds is 1. The van der Waals surface area contributed by atoms with Crippen LogP contribution in [-0.2, 0) is 0 Å². The van der Waals surface area contributed by atoms with Crippen LogP contribution in [0.1, 0.15) is 46.5 Å². The van der Waals surface area contributed by atoms with Gasteiger partial charge in [0.05, 0.1) is 0 Å². The zero-order valence-electron chi connectivity index (χ0n) is 10.0. The smallest absolute Gasteiger partial charge is 0.0130 e. The molecule has 14 heavy (non-hydrogen) atoms. The Morgan fingerprint density at radius 3 is 1.93 bits per heavy atom. The van der Waals surface area contributed by atoms with E-state index in [9.17, 15) is 0 Å². The summed E-state index contributed by atoms with van der Waals surface area (Å²) in [6, 6.07) is 2.45. The average Bonchev–Trinajstić information content (AvgIpc) is 2.38. The third kappa shape index (κ3) is 1.70. The predicted molar refractivity (Wildman–Crippen MR) is 60.5 cm³/mol. The van der Waals surface area contributed by atoms with E-state index in [0.717, 1.165) is 18.1 Å². The Balaban J connectivity index is 2.10. The highest BCUT2D eigenvalue weighted by Gasteiger charge is 2.44. The fourth-order valence-corrected chi connectivity index (χ4v) is 3.51. The van der Waals surface area contributed by atoms with Gasteiger partial charge in [-0.3, -0.25) is 4.90 Å². The lowest BCUT2D eigenvalue weighted by molar-refractivity contribution is 0.0324. The van der Waals surface area contributed by atoms with E-state index in [4.69, 9.17) is 0 Å². The van der Waals surface area contributed by atoms with Gasteiger partial charge in [0.1, 0.15) is 0 Å². The molecule has 82 valence electrons. The second kappa shape index (κ2) is 3.49. The summed E-state index contributed by atoms with van der Waals surface area (Å²) in [4.78, 5) is 2.76. The lowest BCUT2D eigenvalue weighted by Gasteiger charge is -2.46. The van der Waals surface area contributed by atoms with Gasteiger partial charge >= 0.3 is 0 Å².